The maximum atomic E-state index is 11.2. The van der Waals surface area contributed by atoms with Crippen LogP contribution in [0.5, 0.6) is 0 Å². The zero-order valence-electron chi connectivity index (χ0n) is 14.2. The molecule has 0 atom stereocenters. The molecule has 0 saturated heterocycles. The van der Waals surface area contributed by atoms with E-state index in [1.807, 2.05) is 0 Å². The molecule has 0 radical (unpaired) electrons. The van der Waals surface area contributed by atoms with Crippen LogP contribution >= 0.6 is 0 Å². The van der Waals surface area contributed by atoms with Crippen molar-refractivity contribution in [1.82, 2.24) is 0 Å². The Morgan fingerprint density at radius 2 is 1.00 bits per heavy atom. The second kappa shape index (κ2) is 17.6. The van der Waals surface area contributed by atoms with Gasteiger partial charge in [0.2, 0.25) is 0 Å². The van der Waals surface area contributed by atoms with Crippen LogP contribution in [0.2, 0.25) is 8.87 Å². The van der Waals surface area contributed by atoms with Gasteiger partial charge >= 0.3 is 69.5 Å². The Kier molecular flexibility index (Phi) is 21.0. The summed E-state index contributed by atoms with van der Waals surface area (Å²) in [5.74, 6) is -8.69. The summed E-state index contributed by atoms with van der Waals surface area (Å²) in [5, 5.41) is 18.3. The monoisotopic (exact) mass is 496 g/mol. The van der Waals surface area contributed by atoms with E-state index in [1.54, 1.807) is 8.87 Å². The third-order valence-electron chi connectivity index (χ3n) is 2.44. The van der Waals surface area contributed by atoms with Gasteiger partial charge in [-0.25, -0.2) is 35.1 Å². The predicted molar refractivity (Wildman–Crippen MR) is 76.8 cm³/mol. The van der Waals surface area contributed by atoms with E-state index >= 15 is 0 Å². The summed E-state index contributed by atoms with van der Waals surface area (Å²) in [5.41, 5.74) is 0. The van der Waals surface area contributed by atoms with Crippen LogP contribution in [-0.4, -0.2) is 59.1 Å². The van der Waals surface area contributed by atoms with Crippen molar-refractivity contribution >= 4 is 21.1 Å². The molecule has 0 aliphatic carbocycles. The van der Waals surface area contributed by atoms with E-state index < -0.39 is 37.9 Å². The molecular weight excluding hydrogens is 471 g/mol. The minimum Gasteiger partial charge on any atom is -0.850 e. The molecule has 0 N–H and O–H groups in total. The predicted octanol–water partition coefficient (Wildman–Crippen LogP) is 3.62. The summed E-state index contributed by atoms with van der Waals surface area (Å²) in [6.45, 7) is 0.480. The van der Waals surface area contributed by atoms with Gasteiger partial charge in [-0.1, -0.05) is 13.2 Å². The Morgan fingerprint density at radius 3 is 1.12 bits per heavy atom. The first kappa shape index (κ1) is 29.9. The first-order chi connectivity index (χ1) is 11.4. The van der Waals surface area contributed by atoms with Gasteiger partial charge in [-0.3, -0.25) is 0 Å². The summed E-state index contributed by atoms with van der Waals surface area (Å²) in [6.07, 6.45) is -1.83. The van der Waals surface area contributed by atoms with E-state index in [0.717, 1.165) is 0 Å². The molecule has 0 aliphatic heterocycles. The minimum absolute atomic E-state index is 0.149. The topological polar surface area (TPSA) is 46.1 Å². The summed E-state index contributed by atoms with van der Waals surface area (Å²) >= 11 is 0.149. The Bertz CT molecular complexity index is 256. The van der Waals surface area contributed by atoms with Crippen LogP contribution in [0.25, 0.3) is 0 Å². The van der Waals surface area contributed by atoms with Gasteiger partial charge < -0.3 is 10.2 Å². The Morgan fingerprint density at radius 1 is 0.720 bits per heavy atom. The van der Waals surface area contributed by atoms with Crippen molar-refractivity contribution in [2.75, 3.05) is 13.2 Å². The fraction of sp³-hybridized carbons (Fsp3) is 1.00. The first-order valence-electron chi connectivity index (χ1n) is 7.61. The second-order valence-electron chi connectivity index (χ2n) is 4.87. The van der Waals surface area contributed by atoms with Gasteiger partial charge in [0, 0.05) is 0 Å². The Balaban J connectivity index is -0.000000291. The van der Waals surface area contributed by atoms with Crippen LogP contribution in [0.3, 0.4) is 0 Å². The molecule has 0 spiro atoms. The largest absolute Gasteiger partial charge is 0.850 e. The van der Waals surface area contributed by atoms with Crippen molar-refractivity contribution < 1.29 is 45.3 Å². The van der Waals surface area contributed by atoms with Crippen LogP contribution < -0.4 is 10.2 Å². The molecule has 0 unspecified atom stereocenters. The smallest absolute Gasteiger partial charge is 0.299 e. The molecule has 25 heavy (non-hydrogen) atoms. The van der Waals surface area contributed by atoms with Crippen LogP contribution in [0.1, 0.15) is 39.5 Å². The van der Waals surface area contributed by atoms with Crippen LogP contribution in [-0.2, 0) is 0 Å². The molecule has 2 nitrogen and oxygen atoms in total. The summed E-state index contributed by atoms with van der Waals surface area (Å²) in [4.78, 5) is 0. The molecule has 0 aromatic rings. The van der Waals surface area contributed by atoms with E-state index in [4.69, 9.17) is 10.2 Å². The summed E-state index contributed by atoms with van der Waals surface area (Å²) in [7, 11) is 0. The van der Waals surface area contributed by atoms with E-state index in [1.165, 1.54) is 25.7 Å². The van der Waals surface area contributed by atoms with Gasteiger partial charge in [-0.15, -0.1) is 0 Å². The number of alkyl halides is 8. The molecule has 0 aromatic carbocycles. The normalized spacial score (nSPS) is 11.4. The summed E-state index contributed by atoms with van der Waals surface area (Å²) in [6, 6.07) is 0. The van der Waals surface area contributed by atoms with E-state index in [9.17, 15) is 35.1 Å². The fourth-order valence-corrected chi connectivity index (χ4v) is 5.01. The van der Waals surface area contributed by atoms with E-state index in [0.29, 0.717) is 0 Å². The maximum Gasteiger partial charge on any atom is 0.299 e. The molecule has 0 heterocycles. The average Bonchev–Trinajstić information content (AvgIpc) is 2.55. The molecule has 0 saturated carbocycles. The molecular formula is C14H24F8O2Sn. The molecule has 0 rings (SSSR count). The SMILES string of the molecule is CCC[CH2][Sn+2][CH2]CCC.[O-]CC(F)(F)C(F)F.[O-]CC(F)(F)C(F)F. The molecule has 0 amide bonds. The van der Waals surface area contributed by atoms with Crippen LogP contribution in [0, 0.1) is 0 Å². The van der Waals surface area contributed by atoms with Gasteiger partial charge in [-0.05, 0) is 0 Å². The van der Waals surface area contributed by atoms with E-state index in [2.05, 4.69) is 13.8 Å². The van der Waals surface area contributed by atoms with Crippen LogP contribution in [0.15, 0.2) is 0 Å². The molecule has 152 valence electrons. The molecule has 0 bridgehead atoms. The first-order valence-corrected chi connectivity index (χ1v) is 11.6. The molecule has 0 aliphatic rings. The molecule has 0 aromatic heterocycles. The second-order valence-corrected chi connectivity index (χ2v) is 9.15. The summed E-state index contributed by atoms with van der Waals surface area (Å²) < 4.78 is 91.6. The maximum absolute atomic E-state index is 11.2. The number of halogens is 8. The molecule has 0 fully saturated rings. The zero-order chi connectivity index (χ0) is 20.5. The number of rotatable bonds is 10. The zero-order valence-corrected chi connectivity index (χ0v) is 17.0. The van der Waals surface area contributed by atoms with Crippen molar-refractivity contribution in [1.29, 1.82) is 0 Å². The third-order valence-corrected chi connectivity index (χ3v) is 6.47. The van der Waals surface area contributed by atoms with Crippen LogP contribution in [0.4, 0.5) is 35.1 Å². The number of hydrogen-bond acceptors (Lipinski definition) is 2. The van der Waals surface area contributed by atoms with Crippen molar-refractivity contribution in [3.05, 3.63) is 0 Å². The van der Waals surface area contributed by atoms with E-state index in [-0.39, 0.29) is 21.1 Å². The van der Waals surface area contributed by atoms with Crippen molar-refractivity contribution in [2.24, 2.45) is 0 Å². The van der Waals surface area contributed by atoms with Gasteiger partial charge in [0.05, 0.1) is 0 Å². The van der Waals surface area contributed by atoms with Gasteiger partial charge in [0.1, 0.15) is 0 Å². The van der Waals surface area contributed by atoms with Gasteiger partial charge in [0.15, 0.2) is 0 Å². The third kappa shape index (κ3) is 20.3. The average molecular weight is 495 g/mol. The van der Waals surface area contributed by atoms with Gasteiger partial charge in [0.25, 0.3) is 24.7 Å². The number of unbranched alkanes of at least 4 members (excludes halogenated alkanes) is 2. The Labute approximate surface area is 153 Å². The van der Waals surface area contributed by atoms with Crippen molar-refractivity contribution in [3.8, 4) is 0 Å². The number of hydrogen-bond donors (Lipinski definition) is 0. The minimum atomic E-state index is -4.35. The van der Waals surface area contributed by atoms with Gasteiger partial charge in [-0.2, -0.15) is 0 Å². The molecule has 11 heteroatoms. The van der Waals surface area contributed by atoms with Crippen molar-refractivity contribution in [3.63, 3.8) is 0 Å². The Hall–Kier alpha value is 0.159. The van der Waals surface area contributed by atoms with Crippen molar-refractivity contribution in [2.45, 2.75) is 73.1 Å². The quantitative estimate of drug-likeness (QED) is 0.264. The standard InChI is InChI=1S/2C4H9.2C3H3F4O.Sn/c2*1-3-4-2;2*4-2(5)3(6,7)1-8;/h2*1,3-4H2,2H3;2*2H,1H2;/q;;2*-1;+2. The fourth-order valence-electron chi connectivity index (χ4n) is 0.855.